The second kappa shape index (κ2) is 41.4. The van der Waals surface area contributed by atoms with Crippen molar-refractivity contribution in [3.63, 3.8) is 0 Å². The minimum atomic E-state index is -1.43. The largest absolute Gasteiger partial charge is 0.496 e. The summed E-state index contributed by atoms with van der Waals surface area (Å²) in [6.07, 6.45) is 0.609. The van der Waals surface area contributed by atoms with Crippen LogP contribution in [0.2, 0.25) is 0 Å². The fraction of sp³-hybridized carbons (Fsp3) is 0.348. The molecule has 8 aromatic rings. The first-order valence-corrected chi connectivity index (χ1v) is 38.6. The number of amides is 10. The van der Waals surface area contributed by atoms with Crippen molar-refractivity contribution in [2.24, 2.45) is 17.4 Å². The van der Waals surface area contributed by atoms with E-state index in [4.69, 9.17) is 39.9 Å². The fourth-order valence-corrected chi connectivity index (χ4v) is 13.0. The van der Waals surface area contributed by atoms with E-state index in [0.717, 1.165) is 55.5 Å². The number of urea groups is 1. The van der Waals surface area contributed by atoms with Crippen LogP contribution < -0.4 is 62.1 Å². The van der Waals surface area contributed by atoms with Crippen LogP contribution in [0.3, 0.4) is 0 Å². The highest BCUT2D eigenvalue weighted by molar-refractivity contribution is 6.14. The molecule has 27 heteroatoms. The van der Waals surface area contributed by atoms with Gasteiger partial charge in [0, 0.05) is 49.6 Å². The number of nitriles is 1. The maximum atomic E-state index is 15.4. The van der Waals surface area contributed by atoms with Gasteiger partial charge in [-0.1, -0.05) is 118 Å². The quantitative estimate of drug-likeness (QED) is 0.0142. The molecular weight excluding hydrogens is 1480 g/mol. The number of primary amides is 1. The normalized spacial score (nSPS) is 14.3. The lowest BCUT2D eigenvalue weighted by Crippen LogP contribution is -2.60. The van der Waals surface area contributed by atoms with Gasteiger partial charge in [-0.05, 0) is 189 Å². The van der Waals surface area contributed by atoms with Gasteiger partial charge in [-0.15, -0.1) is 0 Å². The molecule has 0 radical (unpaired) electrons. The molecule has 1 aliphatic rings. The number of rotatable bonds is 36. The van der Waals surface area contributed by atoms with Crippen molar-refractivity contribution >= 4 is 92.5 Å². The first-order valence-electron chi connectivity index (χ1n) is 38.6. The summed E-state index contributed by atoms with van der Waals surface area (Å²) >= 11 is 0. The summed E-state index contributed by atoms with van der Waals surface area (Å²) in [5, 5.41) is 25.7. The highest BCUT2D eigenvalue weighted by Crippen LogP contribution is 2.41. The van der Waals surface area contributed by atoms with Crippen molar-refractivity contribution in [1.82, 2.24) is 31.1 Å². The van der Waals surface area contributed by atoms with Crippen molar-refractivity contribution in [1.29, 1.82) is 5.26 Å². The number of ether oxygens (including phenoxy) is 6. The molecule has 1 heterocycles. The monoisotopic (exact) mass is 1580 g/mol. The zero-order valence-electron chi connectivity index (χ0n) is 67.5. The molecule has 0 bridgehead atoms. The number of nitrogens with zero attached hydrogens (tertiary/aromatic N) is 5. The maximum Gasteiger partial charge on any atom is 0.410 e. The van der Waals surface area contributed by atoms with E-state index in [9.17, 15) is 38.8 Å². The van der Waals surface area contributed by atoms with Crippen LogP contribution in [-0.2, 0) is 51.3 Å². The molecule has 610 valence electrons. The third-order valence-electron chi connectivity index (χ3n) is 19.7. The molecule has 5 atom stereocenters. The van der Waals surface area contributed by atoms with Crippen molar-refractivity contribution in [3.05, 3.63) is 226 Å². The van der Waals surface area contributed by atoms with Crippen molar-refractivity contribution in [2.45, 2.75) is 124 Å². The van der Waals surface area contributed by atoms with Crippen LogP contribution in [0.5, 0.6) is 17.2 Å². The molecule has 0 aliphatic carbocycles. The topological polar surface area (TPSA) is 358 Å². The molecule has 9 N–H and O–H groups in total. The lowest BCUT2D eigenvalue weighted by molar-refractivity contribution is -0.135. The fourth-order valence-electron chi connectivity index (χ4n) is 13.0. The Bertz CT molecular complexity index is 4840. The predicted molar refractivity (Wildman–Crippen MR) is 445 cm³/mol. The minimum absolute atomic E-state index is 0.0858. The zero-order chi connectivity index (χ0) is 83.8. The number of hydrogen-bond donors (Lipinski definition) is 7. The van der Waals surface area contributed by atoms with Gasteiger partial charge in [0.1, 0.15) is 60.8 Å². The molecule has 27 nitrogen and oxygen atoms in total. The number of fused-ring (bicyclic) bond motifs is 2. The van der Waals surface area contributed by atoms with Crippen LogP contribution in [0.4, 0.5) is 26.7 Å². The number of anilines is 3. The maximum absolute atomic E-state index is 15.4. The SMILES string of the molecule is CCC(=C(c1ccc(OCCN(C)C(=O)COCCOCCNC(=O)c2ccc(C(=O)N3c4cc(C#N)ccc4N(Cc4c(OC)ccc5ccccc45)C(=O)[C@@H](NC(=O)[C@H](C)N(C)C(=O)OC(C)(C)C)[C@@H]3C)cc2)cc1)c1ccc(OCc2ccc(NC(=O)[C@H](CCCNC(N)=O)NC(=O)[C@@H](N)C(C)C)cc2)cc1)c1ccccc1. The zero-order valence-corrected chi connectivity index (χ0v) is 67.5. The molecule has 0 fully saturated rings. The first kappa shape index (κ1) is 87.3. The number of likely N-dealkylation sites (N-methyl/N-ethyl adjacent to an activating group) is 2. The van der Waals surface area contributed by atoms with E-state index >= 15 is 9.59 Å². The van der Waals surface area contributed by atoms with Gasteiger partial charge >= 0.3 is 12.1 Å². The molecule has 0 spiro atoms. The van der Waals surface area contributed by atoms with Gasteiger partial charge in [0.2, 0.25) is 23.6 Å². The summed E-state index contributed by atoms with van der Waals surface area (Å²) in [4.78, 5) is 128. The Balaban J connectivity index is 0.741. The highest BCUT2D eigenvalue weighted by atomic mass is 16.6. The summed E-state index contributed by atoms with van der Waals surface area (Å²) < 4.78 is 35.1. The van der Waals surface area contributed by atoms with Crippen LogP contribution in [0.25, 0.3) is 21.9 Å². The van der Waals surface area contributed by atoms with Crippen molar-refractivity contribution < 1.29 is 71.6 Å². The minimum Gasteiger partial charge on any atom is -0.496 e. The van der Waals surface area contributed by atoms with E-state index in [2.05, 4.69) is 51.7 Å². The summed E-state index contributed by atoms with van der Waals surface area (Å²) in [6, 6.07) is 51.1. The average molecular weight is 1580 g/mol. The molecule has 0 saturated carbocycles. The molecular formula is C89H104N12O15. The van der Waals surface area contributed by atoms with Gasteiger partial charge in [-0.2, -0.15) is 5.26 Å². The van der Waals surface area contributed by atoms with Gasteiger partial charge in [0.25, 0.3) is 17.7 Å². The Morgan fingerprint density at radius 1 is 0.672 bits per heavy atom. The number of allylic oxidation sites excluding steroid dienone is 1. The molecule has 0 unspecified atom stereocenters. The number of nitrogens with one attached hydrogen (secondary N) is 5. The second-order valence-corrected chi connectivity index (χ2v) is 29.4. The molecule has 8 aromatic carbocycles. The third kappa shape index (κ3) is 23.5. The summed E-state index contributed by atoms with van der Waals surface area (Å²) in [7, 11) is 4.60. The smallest absolute Gasteiger partial charge is 0.410 e. The van der Waals surface area contributed by atoms with Gasteiger partial charge in [-0.3, -0.25) is 38.5 Å². The van der Waals surface area contributed by atoms with E-state index in [1.807, 2.05) is 123 Å². The Morgan fingerprint density at radius 3 is 1.95 bits per heavy atom. The van der Waals surface area contributed by atoms with Gasteiger partial charge < -0.3 is 81.2 Å². The van der Waals surface area contributed by atoms with E-state index in [1.165, 1.54) is 66.1 Å². The molecule has 1 aliphatic heterocycles. The Labute approximate surface area is 676 Å². The van der Waals surface area contributed by atoms with Gasteiger partial charge in [0.05, 0.1) is 75.1 Å². The molecule has 0 saturated heterocycles. The Hall–Kier alpha value is -12.6. The second-order valence-electron chi connectivity index (χ2n) is 29.4. The van der Waals surface area contributed by atoms with Gasteiger partial charge in [0.15, 0.2) is 0 Å². The van der Waals surface area contributed by atoms with Crippen LogP contribution in [-0.4, -0.2) is 173 Å². The molecule has 10 amide bonds. The Morgan fingerprint density at radius 2 is 1.31 bits per heavy atom. The average Bonchev–Trinajstić information content (AvgIpc) is 1.58. The molecule has 9 rings (SSSR count). The molecule has 116 heavy (non-hydrogen) atoms. The number of carbonyl (C=O) groups is 9. The van der Waals surface area contributed by atoms with E-state index in [-0.39, 0.29) is 112 Å². The number of hydrogen-bond acceptors (Lipinski definition) is 17. The summed E-state index contributed by atoms with van der Waals surface area (Å²) in [6.45, 7) is 15.2. The first-order chi connectivity index (χ1) is 55.6. The van der Waals surface area contributed by atoms with E-state index in [1.54, 1.807) is 65.1 Å². The summed E-state index contributed by atoms with van der Waals surface area (Å²) in [5.41, 5.74) is 18.6. The third-order valence-corrected chi connectivity index (χ3v) is 19.7. The number of benzene rings is 8. The lowest BCUT2D eigenvalue weighted by Gasteiger charge is -2.34. The van der Waals surface area contributed by atoms with E-state index < -0.39 is 83.4 Å². The number of carbonyl (C=O) groups excluding carboxylic acids is 9. The van der Waals surface area contributed by atoms with Crippen LogP contribution in [0.1, 0.15) is 129 Å². The predicted octanol–water partition coefficient (Wildman–Crippen LogP) is 11.1. The van der Waals surface area contributed by atoms with Crippen LogP contribution in [0.15, 0.2) is 182 Å². The van der Waals surface area contributed by atoms with Crippen molar-refractivity contribution in [2.75, 3.05) is 89.0 Å². The van der Waals surface area contributed by atoms with Crippen LogP contribution >= 0.6 is 0 Å². The van der Waals surface area contributed by atoms with Gasteiger partial charge in [-0.25, -0.2) is 9.59 Å². The van der Waals surface area contributed by atoms with Crippen molar-refractivity contribution in [3.8, 4) is 23.3 Å². The highest BCUT2D eigenvalue weighted by Gasteiger charge is 2.44. The standard InChI is InChI=1S/C89H104N12O15/c1-12-70(61-19-14-13-15-20-61)78(64-33-40-69(41-34-64)115-54-59-24-36-67(37-25-59)95-83(105)73(23-18-44-94-87(92)109)96-84(106)79(91)56(2)3)63-31-38-68(39-32-63)114-48-46-98(9)77(102)55-113-50-49-112-47-45-93-82(104)65-27-29-66(30-28-65)85(107)101-57(4)80(97-81(103)58(5)99(10)88(110)116-89(6,7)8)86(108)100(74-42-26-60(52-90)51-75(74)101)53-72-71-22-17-16-21-62(71)35-43-76(72)111-11/h13-17,19-22,24-43,51,56-58,73,79-80H,12,18,23,44-50,53-55,91H2,1-11H3,(H,93,104)(H,95,105)(H,96,106)(H,97,103)(H3,92,94,109)/t57-,58-,73-,79-,80-/m0/s1. The van der Waals surface area contributed by atoms with E-state index in [0.29, 0.717) is 34.9 Å². The Kier molecular flexibility index (Phi) is 31.2. The number of nitrogens with two attached hydrogens (primary N) is 2. The molecule has 0 aromatic heterocycles. The van der Waals surface area contributed by atoms with Crippen LogP contribution in [0, 0.1) is 17.2 Å². The summed E-state index contributed by atoms with van der Waals surface area (Å²) in [5.74, 6) is -1.88. The lowest BCUT2D eigenvalue weighted by atomic mass is 9.88. The number of methoxy groups -OCH3 is 1.